The lowest BCUT2D eigenvalue weighted by Gasteiger charge is -2.16. The molecule has 28 heavy (non-hydrogen) atoms. The lowest BCUT2D eigenvalue weighted by atomic mass is 10.1. The Labute approximate surface area is 165 Å². The van der Waals surface area contributed by atoms with E-state index >= 15 is 0 Å². The van der Waals surface area contributed by atoms with Crippen LogP contribution in [-0.4, -0.2) is 39.7 Å². The van der Waals surface area contributed by atoms with E-state index in [-0.39, 0.29) is 23.3 Å². The first kappa shape index (κ1) is 19.6. The van der Waals surface area contributed by atoms with Gasteiger partial charge in [-0.1, -0.05) is 50.2 Å². The molecule has 0 radical (unpaired) electrons. The molecule has 6 nitrogen and oxygen atoms in total. The van der Waals surface area contributed by atoms with E-state index in [1.807, 2.05) is 42.5 Å². The number of fused-ring (bicyclic) bond motifs is 1. The van der Waals surface area contributed by atoms with Crippen LogP contribution in [0.25, 0.3) is 5.52 Å². The number of amides is 2. The molecule has 0 aliphatic heterocycles. The Hall–Kier alpha value is -3.15. The van der Waals surface area contributed by atoms with Crippen molar-refractivity contribution in [2.24, 2.45) is 5.92 Å². The summed E-state index contributed by atoms with van der Waals surface area (Å²) in [4.78, 5) is 31.7. The van der Waals surface area contributed by atoms with E-state index < -0.39 is 0 Å². The van der Waals surface area contributed by atoms with E-state index in [4.69, 9.17) is 0 Å². The normalized spacial score (nSPS) is 11.0. The summed E-state index contributed by atoms with van der Waals surface area (Å²) in [5, 5.41) is 2.90. The van der Waals surface area contributed by atoms with Crippen molar-refractivity contribution >= 4 is 17.3 Å². The molecule has 0 spiro atoms. The third-order valence-electron chi connectivity index (χ3n) is 4.57. The predicted octanol–water partition coefficient (Wildman–Crippen LogP) is 3.38. The third-order valence-corrected chi connectivity index (χ3v) is 4.57. The molecule has 3 rings (SSSR count). The van der Waals surface area contributed by atoms with Crippen LogP contribution in [0.5, 0.6) is 0 Å². The van der Waals surface area contributed by atoms with E-state index in [0.29, 0.717) is 24.5 Å². The van der Waals surface area contributed by atoms with Crippen molar-refractivity contribution in [1.29, 1.82) is 0 Å². The minimum absolute atomic E-state index is 0.230. The summed E-state index contributed by atoms with van der Waals surface area (Å²) < 4.78 is 1.68. The molecule has 0 fully saturated rings. The van der Waals surface area contributed by atoms with Crippen LogP contribution in [0.1, 0.15) is 46.9 Å². The highest BCUT2D eigenvalue weighted by atomic mass is 16.2. The maximum absolute atomic E-state index is 13.0. The fourth-order valence-electron chi connectivity index (χ4n) is 3.01. The average molecular weight is 378 g/mol. The van der Waals surface area contributed by atoms with E-state index in [1.165, 1.54) is 0 Å². The van der Waals surface area contributed by atoms with Gasteiger partial charge in [-0.25, -0.2) is 4.98 Å². The molecular formula is C22H26N4O2. The van der Waals surface area contributed by atoms with Crippen LogP contribution >= 0.6 is 0 Å². The fraction of sp³-hybridized carbons (Fsp3) is 0.318. The molecule has 6 heteroatoms. The minimum atomic E-state index is -0.255. The summed E-state index contributed by atoms with van der Waals surface area (Å²) >= 11 is 0. The molecule has 2 amide bonds. The van der Waals surface area contributed by atoms with Crippen molar-refractivity contribution < 1.29 is 9.59 Å². The van der Waals surface area contributed by atoms with Crippen molar-refractivity contribution in [2.45, 2.75) is 26.8 Å². The van der Waals surface area contributed by atoms with Gasteiger partial charge in [-0.15, -0.1) is 0 Å². The molecule has 1 aromatic carbocycles. The number of nitrogens with zero attached hydrogens (tertiary/aromatic N) is 3. The van der Waals surface area contributed by atoms with Crippen LogP contribution in [0.2, 0.25) is 0 Å². The molecule has 0 aliphatic rings. The Morgan fingerprint density at radius 2 is 1.82 bits per heavy atom. The number of rotatable bonds is 7. The first-order valence-electron chi connectivity index (χ1n) is 9.52. The smallest absolute Gasteiger partial charge is 0.290 e. The maximum Gasteiger partial charge on any atom is 0.290 e. The van der Waals surface area contributed by atoms with Crippen molar-refractivity contribution in [3.05, 3.63) is 71.8 Å². The van der Waals surface area contributed by atoms with Gasteiger partial charge in [-0.3, -0.25) is 14.0 Å². The molecule has 0 bridgehead atoms. The Bertz CT molecular complexity index is 963. The van der Waals surface area contributed by atoms with E-state index in [1.54, 1.807) is 28.6 Å². The number of carbonyl (C=O) groups is 2. The fourth-order valence-corrected chi connectivity index (χ4v) is 3.01. The van der Waals surface area contributed by atoms with Crippen LogP contribution in [0, 0.1) is 5.92 Å². The molecule has 0 saturated carbocycles. The Kier molecular flexibility index (Phi) is 6.09. The number of hydrogen-bond acceptors (Lipinski definition) is 3. The number of aromatic nitrogens is 2. The average Bonchev–Trinajstić information content (AvgIpc) is 3.07. The molecular weight excluding hydrogens is 352 g/mol. The van der Waals surface area contributed by atoms with Gasteiger partial charge in [0.2, 0.25) is 5.82 Å². The van der Waals surface area contributed by atoms with E-state index in [2.05, 4.69) is 24.1 Å². The second kappa shape index (κ2) is 8.69. The monoisotopic (exact) mass is 378 g/mol. The number of pyridine rings is 1. The van der Waals surface area contributed by atoms with Gasteiger partial charge in [-0.2, -0.15) is 0 Å². The SMILES string of the molecule is CC(C)CCNC(=O)c1nc(C(=O)N(C)Cc2ccccc2)n2ccccc12. The van der Waals surface area contributed by atoms with Crippen molar-refractivity contribution in [2.75, 3.05) is 13.6 Å². The van der Waals surface area contributed by atoms with Crippen LogP contribution in [0.15, 0.2) is 54.7 Å². The third kappa shape index (κ3) is 4.39. The number of carbonyl (C=O) groups excluding carboxylic acids is 2. The van der Waals surface area contributed by atoms with Crippen molar-refractivity contribution in [3.8, 4) is 0 Å². The quantitative estimate of drug-likeness (QED) is 0.685. The summed E-state index contributed by atoms with van der Waals surface area (Å²) in [5.41, 5.74) is 1.94. The highest BCUT2D eigenvalue weighted by Gasteiger charge is 2.23. The molecule has 146 valence electrons. The number of imidazole rings is 1. The van der Waals surface area contributed by atoms with Gasteiger partial charge in [0.25, 0.3) is 11.8 Å². The summed E-state index contributed by atoms with van der Waals surface area (Å²) in [6.07, 6.45) is 2.65. The second-order valence-electron chi connectivity index (χ2n) is 7.33. The summed E-state index contributed by atoms with van der Waals surface area (Å²) in [7, 11) is 1.74. The van der Waals surface area contributed by atoms with Crippen molar-refractivity contribution in [3.63, 3.8) is 0 Å². The lowest BCUT2D eigenvalue weighted by molar-refractivity contribution is 0.0772. The number of benzene rings is 1. The first-order valence-corrected chi connectivity index (χ1v) is 9.52. The molecule has 3 aromatic rings. The molecule has 0 unspecified atom stereocenters. The van der Waals surface area contributed by atoms with E-state index in [9.17, 15) is 9.59 Å². The second-order valence-corrected chi connectivity index (χ2v) is 7.33. The van der Waals surface area contributed by atoms with Gasteiger partial charge >= 0.3 is 0 Å². The molecule has 2 heterocycles. The first-order chi connectivity index (χ1) is 13.5. The van der Waals surface area contributed by atoms with Crippen LogP contribution < -0.4 is 5.32 Å². The molecule has 0 saturated heterocycles. The molecule has 0 atom stereocenters. The van der Waals surface area contributed by atoms with Crippen LogP contribution in [0.3, 0.4) is 0 Å². The summed E-state index contributed by atoms with van der Waals surface area (Å²) in [6, 6.07) is 15.2. The van der Waals surface area contributed by atoms with E-state index in [0.717, 1.165) is 12.0 Å². The van der Waals surface area contributed by atoms with Gasteiger partial charge in [0.05, 0.1) is 5.52 Å². The Morgan fingerprint density at radius 1 is 1.11 bits per heavy atom. The molecule has 2 aromatic heterocycles. The molecule has 0 aliphatic carbocycles. The Morgan fingerprint density at radius 3 is 2.54 bits per heavy atom. The number of hydrogen-bond donors (Lipinski definition) is 1. The van der Waals surface area contributed by atoms with Crippen molar-refractivity contribution in [1.82, 2.24) is 19.6 Å². The van der Waals surface area contributed by atoms with Gasteiger partial charge in [0.1, 0.15) is 0 Å². The zero-order valence-corrected chi connectivity index (χ0v) is 16.6. The zero-order chi connectivity index (χ0) is 20.1. The standard InChI is InChI=1S/C22H26N4O2/c1-16(2)12-13-23-21(27)19-18-11-7-8-14-26(18)20(24-19)22(28)25(3)15-17-9-5-4-6-10-17/h4-11,14,16H,12-13,15H2,1-3H3,(H,23,27). The predicted molar refractivity (Wildman–Crippen MR) is 109 cm³/mol. The highest BCUT2D eigenvalue weighted by Crippen LogP contribution is 2.16. The van der Waals surface area contributed by atoms with Crippen LogP contribution in [0.4, 0.5) is 0 Å². The summed E-state index contributed by atoms with van der Waals surface area (Å²) in [5.74, 6) is 0.256. The van der Waals surface area contributed by atoms with Gasteiger partial charge < -0.3 is 10.2 Å². The highest BCUT2D eigenvalue weighted by molar-refractivity contribution is 6.02. The number of nitrogens with one attached hydrogen (secondary N) is 1. The largest absolute Gasteiger partial charge is 0.351 e. The molecule has 1 N–H and O–H groups in total. The minimum Gasteiger partial charge on any atom is -0.351 e. The maximum atomic E-state index is 13.0. The van der Waals surface area contributed by atoms with Crippen LogP contribution in [-0.2, 0) is 6.54 Å². The topological polar surface area (TPSA) is 66.7 Å². The zero-order valence-electron chi connectivity index (χ0n) is 16.6. The Balaban J connectivity index is 1.85. The van der Waals surface area contributed by atoms with Gasteiger partial charge in [0.15, 0.2) is 5.69 Å². The van der Waals surface area contributed by atoms with Gasteiger partial charge in [0, 0.05) is 26.3 Å². The lowest BCUT2D eigenvalue weighted by Crippen LogP contribution is -2.28. The summed E-state index contributed by atoms with van der Waals surface area (Å²) in [6.45, 7) is 5.27. The van der Waals surface area contributed by atoms with Gasteiger partial charge in [-0.05, 0) is 30.0 Å².